The zero-order valence-electron chi connectivity index (χ0n) is 12.6. The Labute approximate surface area is 122 Å². The van der Waals surface area contributed by atoms with E-state index in [1.807, 2.05) is 0 Å². The SMILES string of the molecule is CC(C)NCC1COCCN1CC1Cc2ccccc21. The zero-order valence-corrected chi connectivity index (χ0v) is 12.6. The Balaban J connectivity index is 1.58. The second kappa shape index (κ2) is 6.25. The van der Waals surface area contributed by atoms with Crippen molar-refractivity contribution in [2.75, 3.05) is 32.8 Å². The Hall–Kier alpha value is -0.900. The fraction of sp³-hybridized carbons (Fsp3) is 0.647. The molecule has 0 radical (unpaired) electrons. The van der Waals surface area contributed by atoms with Gasteiger partial charge in [0.25, 0.3) is 0 Å². The average molecular weight is 274 g/mol. The summed E-state index contributed by atoms with van der Waals surface area (Å²) in [6, 6.07) is 9.96. The van der Waals surface area contributed by atoms with Crippen LogP contribution < -0.4 is 5.32 Å². The van der Waals surface area contributed by atoms with Crippen molar-refractivity contribution in [1.29, 1.82) is 0 Å². The van der Waals surface area contributed by atoms with Gasteiger partial charge in [-0.25, -0.2) is 0 Å². The van der Waals surface area contributed by atoms with Gasteiger partial charge in [-0.2, -0.15) is 0 Å². The molecule has 1 aliphatic carbocycles. The summed E-state index contributed by atoms with van der Waals surface area (Å²) in [6.07, 6.45) is 1.25. The van der Waals surface area contributed by atoms with E-state index in [0.29, 0.717) is 12.1 Å². The molecule has 1 aromatic rings. The number of hydrogen-bond donors (Lipinski definition) is 1. The Morgan fingerprint density at radius 1 is 1.35 bits per heavy atom. The van der Waals surface area contributed by atoms with Crippen LogP contribution in [0.15, 0.2) is 24.3 Å². The van der Waals surface area contributed by atoms with Gasteiger partial charge in [0.05, 0.1) is 13.2 Å². The predicted octanol–water partition coefficient (Wildman–Crippen LogP) is 2.03. The molecule has 2 atom stereocenters. The van der Waals surface area contributed by atoms with Crippen LogP contribution in [0.4, 0.5) is 0 Å². The lowest BCUT2D eigenvalue weighted by Crippen LogP contribution is -2.53. The second-order valence-corrected chi connectivity index (χ2v) is 6.39. The highest BCUT2D eigenvalue weighted by Crippen LogP contribution is 2.35. The standard InChI is InChI=1S/C17H26N2O/c1-13(2)18-10-16-12-20-8-7-19(16)11-15-9-14-5-3-4-6-17(14)15/h3-6,13,15-16,18H,7-12H2,1-2H3. The molecule has 2 unspecified atom stereocenters. The Kier molecular flexibility index (Phi) is 4.39. The summed E-state index contributed by atoms with van der Waals surface area (Å²) in [4.78, 5) is 2.62. The predicted molar refractivity (Wildman–Crippen MR) is 82.2 cm³/mol. The molecular weight excluding hydrogens is 248 g/mol. The van der Waals surface area contributed by atoms with Crippen LogP contribution in [-0.4, -0.2) is 49.8 Å². The first-order valence-electron chi connectivity index (χ1n) is 7.87. The van der Waals surface area contributed by atoms with Gasteiger partial charge in [0.2, 0.25) is 0 Å². The summed E-state index contributed by atoms with van der Waals surface area (Å²) in [5, 5.41) is 3.55. The Morgan fingerprint density at radius 2 is 2.20 bits per heavy atom. The van der Waals surface area contributed by atoms with Gasteiger partial charge in [0.1, 0.15) is 0 Å². The van der Waals surface area contributed by atoms with Gasteiger partial charge < -0.3 is 10.1 Å². The summed E-state index contributed by atoms with van der Waals surface area (Å²) in [5.41, 5.74) is 3.11. The topological polar surface area (TPSA) is 24.5 Å². The highest BCUT2D eigenvalue weighted by Gasteiger charge is 2.31. The van der Waals surface area contributed by atoms with Gasteiger partial charge in [0, 0.05) is 37.6 Å². The third kappa shape index (κ3) is 3.05. The molecular formula is C17H26N2O. The molecule has 1 heterocycles. The summed E-state index contributed by atoms with van der Waals surface area (Å²) < 4.78 is 5.67. The average Bonchev–Trinajstić information content (AvgIpc) is 2.43. The third-order valence-electron chi connectivity index (χ3n) is 4.53. The normalized spacial score (nSPS) is 26.4. The van der Waals surface area contributed by atoms with Crippen LogP contribution >= 0.6 is 0 Å². The fourth-order valence-corrected chi connectivity index (χ4v) is 3.30. The summed E-state index contributed by atoms with van der Waals surface area (Å²) in [7, 11) is 0. The lowest BCUT2D eigenvalue weighted by atomic mass is 9.77. The van der Waals surface area contributed by atoms with Crippen molar-refractivity contribution in [3.8, 4) is 0 Å². The minimum absolute atomic E-state index is 0.527. The van der Waals surface area contributed by atoms with E-state index < -0.39 is 0 Å². The van der Waals surface area contributed by atoms with Crippen LogP contribution in [0.2, 0.25) is 0 Å². The van der Waals surface area contributed by atoms with E-state index in [0.717, 1.165) is 32.2 Å². The van der Waals surface area contributed by atoms with Crippen LogP contribution in [0, 0.1) is 0 Å². The van der Waals surface area contributed by atoms with Gasteiger partial charge in [-0.05, 0) is 17.5 Å². The van der Waals surface area contributed by atoms with Crippen LogP contribution in [-0.2, 0) is 11.2 Å². The summed E-state index contributed by atoms with van der Waals surface area (Å²) in [6.45, 7) is 9.45. The Bertz CT molecular complexity index is 446. The van der Waals surface area contributed by atoms with Gasteiger partial charge in [0.15, 0.2) is 0 Å². The van der Waals surface area contributed by atoms with Gasteiger partial charge >= 0.3 is 0 Å². The molecule has 110 valence electrons. The number of benzene rings is 1. The summed E-state index contributed by atoms with van der Waals surface area (Å²) in [5.74, 6) is 0.728. The van der Waals surface area contributed by atoms with Crippen molar-refractivity contribution < 1.29 is 4.74 Å². The highest BCUT2D eigenvalue weighted by molar-refractivity contribution is 5.40. The molecule has 1 aromatic carbocycles. The number of fused-ring (bicyclic) bond motifs is 1. The van der Waals surface area contributed by atoms with Crippen molar-refractivity contribution in [3.05, 3.63) is 35.4 Å². The van der Waals surface area contributed by atoms with Crippen molar-refractivity contribution >= 4 is 0 Å². The molecule has 1 saturated heterocycles. The smallest absolute Gasteiger partial charge is 0.0634 e. The molecule has 3 heteroatoms. The fourth-order valence-electron chi connectivity index (χ4n) is 3.30. The molecule has 3 rings (SSSR count). The van der Waals surface area contributed by atoms with Crippen molar-refractivity contribution in [3.63, 3.8) is 0 Å². The molecule has 3 nitrogen and oxygen atoms in total. The maximum Gasteiger partial charge on any atom is 0.0634 e. The van der Waals surface area contributed by atoms with E-state index in [1.54, 1.807) is 11.1 Å². The first-order chi connectivity index (χ1) is 9.74. The van der Waals surface area contributed by atoms with E-state index in [9.17, 15) is 0 Å². The first kappa shape index (κ1) is 14.1. The number of nitrogens with zero attached hydrogens (tertiary/aromatic N) is 1. The van der Waals surface area contributed by atoms with E-state index >= 15 is 0 Å². The van der Waals surface area contributed by atoms with Crippen molar-refractivity contribution in [1.82, 2.24) is 10.2 Å². The largest absolute Gasteiger partial charge is 0.378 e. The number of nitrogens with one attached hydrogen (secondary N) is 1. The van der Waals surface area contributed by atoms with E-state index in [-0.39, 0.29) is 0 Å². The maximum atomic E-state index is 5.67. The van der Waals surface area contributed by atoms with Crippen LogP contribution in [0.1, 0.15) is 30.9 Å². The molecule has 1 N–H and O–H groups in total. The number of ether oxygens (including phenoxy) is 1. The van der Waals surface area contributed by atoms with Crippen molar-refractivity contribution in [2.24, 2.45) is 0 Å². The molecule has 0 bridgehead atoms. The molecule has 0 amide bonds. The van der Waals surface area contributed by atoms with Gasteiger partial charge in [-0.3, -0.25) is 4.90 Å². The van der Waals surface area contributed by atoms with Crippen LogP contribution in [0.5, 0.6) is 0 Å². The van der Waals surface area contributed by atoms with Gasteiger partial charge in [-0.1, -0.05) is 38.1 Å². The third-order valence-corrected chi connectivity index (χ3v) is 4.53. The minimum Gasteiger partial charge on any atom is -0.378 e. The monoisotopic (exact) mass is 274 g/mol. The molecule has 1 fully saturated rings. The lowest BCUT2D eigenvalue weighted by Gasteiger charge is -2.41. The molecule has 20 heavy (non-hydrogen) atoms. The number of rotatable bonds is 5. The molecule has 0 aromatic heterocycles. The van der Waals surface area contributed by atoms with E-state index in [2.05, 4.69) is 48.3 Å². The van der Waals surface area contributed by atoms with E-state index in [4.69, 9.17) is 4.74 Å². The molecule has 2 aliphatic rings. The zero-order chi connectivity index (χ0) is 13.9. The molecule has 1 aliphatic heterocycles. The summed E-state index contributed by atoms with van der Waals surface area (Å²) >= 11 is 0. The number of hydrogen-bond acceptors (Lipinski definition) is 3. The second-order valence-electron chi connectivity index (χ2n) is 6.39. The molecule has 0 saturated carbocycles. The van der Waals surface area contributed by atoms with Crippen LogP contribution in [0.3, 0.4) is 0 Å². The lowest BCUT2D eigenvalue weighted by molar-refractivity contribution is -0.0109. The van der Waals surface area contributed by atoms with Gasteiger partial charge in [-0.15, -0.1) is 0 Å². The Morgan fingerprint density at radius 3 is 3.00 bits per heavy atom. The van der Waals surface area contributed by atoms with E-state index in [1.165, 1.54) is 13.0 Å². The maximum absolute atomic E-state index is 5.67. The first-order valence-corrected chi connectivity index (χ1v) is 7.87. The van der Waals surface area contributed by atoms with Crippen LogP contribution in [0.25, 0.3) is 0 Å². The quantitative estimate of drug-likeness (QED) is 0.889. The minimum atomic E-state index is 0.527. The van der Waals surface area contributed by atoms with Crippen molar-refractivity contribution in [2.45, 2.75) is 38.3 Å². The number of morpholine rings is 1. The highest BCUT2D eigenvalue weighted by atomic mass is 16.5. The molecule has 0 spiro atoms.